The molecular formula is C27H41N5O6Si. The number of ether oxygens (including phenoxy) is 2. The van der Waals surface area contributed by atoms with Crippen LogP contribution in [0.4, 0.5) is 15.4 Å². The molecule has 0 bridgehead atoms. The lowest BCUT2D eigenvalue weighted by Gasteiger charge is -2.57. The first-order chi connectivity index (χ1) is 17.6. The smallest absolute Gasteiger partial charge is 0.425 e. The molecule has 0 N–H and O–H groups in total. The van der Waals surface area contributed by atoms with E-state index in [2.05, 4.69) is 9.77 Å². The Morgan fingerprint density at radius 3 is 2.00 bits per heavy atom. The molecule has 3 amide bonds. The van der Waals surface area contributed by atoms with Gasteiger partial charge in [0.05, 0.1) is 5.92 Å². The molecule has 2 heterocycles. The molecule has 2 atom stereocenters. The molecule has 39 heavy (non-hydrogen) atoms. The number of hydrogen-bond acceptors (Lipinski definition) is 7. The fourth-order valence-corrected chi connectivity index (χ4v) is 6.47. The summed E-state index contributed by atoms with van der Waals surface area (Å²) < 4.78 is 12.5. The van der Waals surface area contributed by atoms with E-state index in [1.165, 1.54) is 12.3 Å². The monoisotopic (exact) mass is 559 g/mol. The summed E-state index contributed by atoms with van der Waals surface area (Å²) >= 11 is 0. The standard InChI is InChI=1S/C27H41N5O6Si/c1-25(2,3)37-23(35)31(24(36)38-26(4,5)6)20-15-17(12-13-29-20)14-18-21(19(33)16-30-28)32(22(18)34)39(10,11)27(7,8)9/h12-13,15-16,18,21H,14H2,1-11H3/t18-,21+/m1/s1. The SMILES string of the molecule is CC(C)(C)OC(=O)N(C(=O)OC(C)(C)C)c1cc(C[C@H]2C(=O)N([Si](C)(C)C(C)(C)C)[C@@H]2C(=O)C=[N+]=[N-])ccn1. The van der Waals surface area contributed by atoms with Crippen molar-refractivity contribution in [2.75, 3.05) is 4.90 Å². The lowest BCUT2D eigenvalue weighted by molar-refractivity contribution is -0.153. The van der Waals surface area contributed by atoms with Crippen LogP contribution in [0.3, 0.4) is 0 Å². The van der Waals surface area contributed by atoms with Crippen molar-refractivity contribution in [2.45, 2.75) is 104 Å². The second kappa shape index (κ2) is 11.0. The Hall–Kier alpha value is -3.37. The van der Waals surface area contributed by atoms with Crippen molar-refractivity contribution in [3.63, 3.8) is 0 Å². The molecule has 2 rings (SSSR count). The quantitative estimate of drug-likeness (QED) is 0.157. The fraction of sp³-hybridized carbons (Fsp3) is 0.630. The first-order valence-corrected chi connectivity index (χ1v) is 15.8. The van der Waals surface area contributed by atoms with E-state index in [-0.39, 0.29) is 23.2 Å². The number of pyridine rings is 1. The van der Waals surface area contributed by atoms with E-state index >= 15 is 0 Å². The molecular weight excluding hydrogens is 518 g/mol. The van der Waals surface area contributed by atoms with Crippen LogP contribution in [0.15, 0.2) is 18.3 Å². The van der Waals surface area contributed by atoms with Gasteiger partial charge in [-0.2, -0.15) is 9.69 Å². The third kappa shape index (κ3) is 7.39. The van der Waals surface area contributed by atoms with Gasteiger partial charge in [-0.1, -0.05) is 33.9 Å². The first-order valence-electron chi connectivity index (χ1n) is 12.9. The third-order valence-electron chi connectivity index (χ3n) is 6.77. The average Bonchev–Trinajstić information content (AvgIpc) is 2.72. The van der Waals surface area contributed by atoms with E-state index in [1.807, 2.05) is 33.9 Å². The van der Waals surface area contributed by atoms with E-state index in [4.69, 9.17) is 15.0 Å². The highest BCUT2D eigenvalue weighted by atomic mass is 28.3. The Morgan fingerprint density at radius 2 is 1.56 bits per heavy atom. The number of carbonyl (C=O) groups excluding carboxylic acids is 4. The molecule has 1 aliphatic rings. The van der Waals surface area contributed by atoms with Crippen molar-refractivity contribution < 1.29 is 33.4 Å². The molecule has 214 valence electrons. The van der Waals surface area contributed by atoms with Crippen molar-refractivity contribution in [3.05, 3.63) is 29.4 Å². The number of Topliss-reactive ketones (excluding diaryl/α,β-unsaturated/α-hetero) is 1. The first kappa shape index (κ1) is 31.8. The molecule has 0 spiro atoms. The normalized spacial score (nSPS) is 18.0. The summed E-state index contributed by atoms with van der Waals surface area (Å²) in [6.07, 6.45) is 0.461. The van der Waals surface area contributed by atoms with Crippen LogP contribution in [0.1, 0.15) is 67.9 Å². The minimum Gasteiger partial charge on any atom is -0.443 e. The molecule has 0 aliphatic carbocycles. The number of rotatable bonds is 6. The number of hydrogen-bond donors (Lipinski definition) is 0. The molecule has 1 aliphatic heterocycles. The Labute approximate surface area is 231 Å². The van der Waals surface area contributed by atoms with Gasteiger partial charge in [0.1, 0.15) is 23.1 Å². The van der Waals surface area contributed by atoms with Crippen LogP contribution in [0.2, 0.25) is 18.1 Å². The van der Waals surface area contributed by atoms with Gasteiger partial charge in [-0.25, -0.2) is 14.6 Å². The fourth-order valence-electron chi connectivity index (χ4n) is 4.03. The molecule has 0 saturated carbocycles. The number of nitrogens with zero attached hydrogens (tertiary/aromatic N) is 5. The predicted molar refractivity (Wildman–Crippen MR) is 149 cm³/mol. The number of imide groups is 1. The van der Waals surface area contributed by atoms with Gasteiger partial charge < -0.3 is 19.6 Å². The summed E-state index contributed by atoms with van der Waals surface area (Å²) in [5.41, 5.74) is 7.81. The minimum absolute atomic E-state index is 0.0381. The molecule has 0 radical (unpaired) electrons. The van der Waals surface area contributed by atoms with E-state index in [0.717, 1.165) is 6.21 Å². The third-order valence-corrected chi connectivity index (χ3v) is 12.1. The maximum atomic E-state index is 13.5. The van der Waals surface area contributed by atoms with Gasteiger partial charge in [0, 0.05) is 6.20 Å². The number of amides is 3. The molecule has 0 aromatic carbocycles. The zero-order chi connectivity index (χ0) is 30.1. The largest absolute Gasteiger partial charge is 0.443 e. The number of carbonyl (C=O) groups is 4. The second-order valence-electron chi connectivity index (χ2n) is 13.2. The van der Waals surface area contributed by atoms with Crippen LogP contribution in [0, 0.1) is 5.92 Å². The minimum atomic E-state index is -2.43. The van der Waals surface area contributed by atoms with Gasteiger partial charge in [0.2, 0.25) is 5.91 Å². The summed E-state index contributed by atoms with van der Waals surface area (Å²) in [4.78, 5) is 60.3. The van der Waals surface area contributed by atoms with Crippen LogP contribution >= 0.6 is 0 Å². The molecule has 12 heteroatoms. The Kier molecular flexibility index (Phi) is 8.99. The van der Waals surface area contributed by atoms with Gasteiger partial charge in [-0.3, -0.25) is 9.59 Å². The maximum Gasteiger partial charge on any atom is 0.425 e. The van der Waals surface area contributed by atoms with Gasteiger partial charge in [-0.05, 0) is 70.7 Å². The van der Waals surface area contributed by atoms with Gasteiger partial charge in [0.15, 0.2) is 8.24 Å². The van der Waals surface area contributed by atoms with Crippen molar-refractivity contribution in [2.24, 2.45) is 5.92 Å². The van der Waals surface area contributed by atoms with Crippen LogP contribution in [-0.4, -0.2) is 69.9 Å². The van der Waals surface area contributed by atoms with Gasteiger partial charge in [-0.15, -0.1) is 0 Å². The molecule has 11 nitrogen and oxygen atoms in total. The summed E-state index contributed by atoms with van der Waals surface area (Å²) in [5, 5.41) is -0.215. The van der Waals surface area contributed by atoms with Crippen LogP contribution in [-0.2, 0) is 25.5 Å². The molecule has 1 fully saturated rings. The molecule has 0 unspecified atom stereocenters. The highest BCUT2D eigenvalue weighted by Gasteiger charge is 2.59. The van der Waals surface area contributed by atoms with Crippen molar-refractivity contribution >= 4 is 44.1 Å². The predicted octanol–water partition coefficient (Wildman–Crippen LogP) is 5.00. The van der Waals surface area contributed by atoms with Crippen LogP contribution in [0.5, 0.6) is 0 Å². The summed E-state index contributed by atoms with van der Waals surface area (Å²) in [5.74, 6) is -1.38. The Bertz CT molecular complexity index is 1160. The van der Waals surface area contributed by atoms with Crippen molar-refractivity contribution in [3.8, 4) is 0 Å². The second-order valence-corrected chi connectivity index (χ2v) is 18.3. The topological polar surface area (TPSA) is 143 Å². The summed E-state index contributed by atoms with van der Waals surface area (Å²) in [7, 11) is -2.43. The van der Waals surface area contributed by atoms with E-state index in [9.17, 15) is 19.2 Å². The maximum absolute atomic E-state index is 13.5. The zero-order valence-corrected chi connectivity index (χ0v) is 25.9. The Balaban J connectivity index is 2.47. The number of anilines is 1. The average molecular weight is 560 g/mol. The highest BCUT2D eigenvalue weighted by molar-refractivity contribution is 6.80. The number of ketones is 1. The summed E-state index contributed by atoms with van der Waals surface area (Å²) in [6, 6.07) is 2.35. The zero-order valence-electron chi connectivity index (χ0n) is 24.9. The van der Waals surface area contributed by atoms with Crippen LogP contribution in [0.25, 0.3) is 5.53 Å². The van der Waals surface area contributed by atoms with E-state index in [1.54, 1.807) is 52.2 Å². The Morgan fingerprint density at radius 1 is 1.05 bits per heavy atom. The van der Waals surface area contributed by atoms with Crippen molar-refractivity contribution in [1.29, 1.82) is 0 Å². The van der Waals surface area contributed by atoms with E-state index < -0.39 is 49.4 Å². The van der Waals surface area contributed by atoms with Crippen molar-refractivity contribution in [1.82, 2.24) is 9.55 Å². The molecule has 1 aromatic rings. The summed E-state index contributed by atoms with van der Waals surface area (Å²) in [6.45, 7) is 20.2. The van der Waals surface area contributed by atoms with Gasteiger partial charge >= 0.3 is 18.4 Å². The highest BCUT2D eigenvalue weighted by Crippen LogP contribution is 2.45. The number of β-lactam (4-membered cyclic amide) rings is 1. The van der Waals surface area contributed by atoms with E-state index in [0.29, 0.717) is 10.5 Å². The van der Waals surface area contributed by atoms with Gasteiger partial charge in [0.25, 0.3) is 5.78 Å². The lowest BCUT2D eigenvalue weighted by atomic mass is 9.82. The number of aromatic nitrogens is 1. The van der Waals surface area contributed by atoms with Crippen LogP contribution < -0.4 is 4.90 Å². The molecule has 1 saturated heterocycles. The molecule has 1 aromatic heterocycles. The lowest BCUT2D eigenvalue weighted by Crippen LogP contribution is -2.75.